The van der Waals surface area contributed by atoms with E-state index in [1.807, 2.05) is 0 Å². The van der Waals surface area contributed by atoms with Gasteiger partial charge in [-0.2, -0.15) is 0 Å². The number of carboxylic acid groups (broad SMARTS) is 2. The molecule has 11 heteroatoms. The lowest BCUT2D eigenvalue weighted by Crippen LogP contribution is -2.43. The summed E-state index contributed by atoms with van der Waals surface area (Å²) in [5.74, 6) is -4.03. The van der Waals surface area contributed by atoms with Gasteiger partial charge in [-0.15, -0.1) is 0 Å². The smallest absolute Gasteiger partial charge is 0.324 e. The van der Waals surface area contributed by atoms with Crippen LogP contribution in [0.2, 0.25) is 0 Å². The molecule has 22 heavy (non-hydrogen) atoms. The van der Waals surface area contributed by atoms with E-state index in [2.05, 4.69) is 9.47 Å². The average molecular weight is 319 g/mol. The Morgan fingerprint density at radius 2 is 1.36 bits per heavy atom. The van der Waals surface area contributed by atoms with E-state index < -0.39 is 43.4 Å². The molecule has 0 aromatic rings. The molecule has 0 bridgehead atoms. The third-order valence-corrected chi connectivity index (χ3v) is 2.65. The molecule has 0 aromatic carbocycles. The summed E-state index contributed by atoms with van der Waals surface area (Å²) in [6, 6.07) is 0. The Morgan fingerprint density at radius 3 is 1.68 bits per heavy atom. The summed E-state index contributed by atoms with van der Waals surface area (Å²) >= 11 is 0. The largest absolute Gasteiger partial charge is 0.480 e. The van der Waals surface area contributed by atoms with Gasteiger partial charge < -0.3 is 19.7 Å². The number of hydrogen-bond donors (Lipinski definition) is 3. The molecule has 4 N–H and O–H groups in total. The molecule has 1 fully saturated rings. The summed E-state index contributed by atoms with van der Waals surface area (Å²) < 4.78 is 9.21. The summed E-state index contributed by atoms with van der Waals surface area (Å²) in [6.45, 7) is -1.54. The van der Waals surface area contributed by atoms with E-state index in [4.69, 9.17) is 15.9 Å². The van der Waals surface area contributed by atoms with Crippen LogP contribution in [0.4, 0.5) is 0 Å². The van der Waals surface area contributed by atoms with E-state index >= 15 is 0 Å². The van der Waals surface area contributed by atoms with Crippen LogP contribution in [-0.2, 0) is 28.7 Å². The molecule has 0 spiro atoms. The van der Waals surface area contributed by atoms with Crippen LogP contribution in [0.25, 0.3) is 0 Å². The van der Waals surface area contributed by atoms with Gasteiger partial charge in [-0.25, -0.2) is 0 Å². The Kier molecular flexibility index (Phi) is 6.69. The molecule has 0 amide bonds. The van der Waals surface area contributed by atoms with Gasteiger partial charge in [0.15, 0.2) is 0 Å². The van der Waals surface area contributed by atoms with E-state index in [1.165, 1.54) is 9.80 Å². The zero-order chi connectivity index (χ0) is 16.7. The van der Waals surface area contributed by atoms with Crippen molar-refractivity contribution in [1.82, 2.24) is 9.80 Å². The maximum Gasteiger partial charge on any atom is 0.324 e. The first-order valence-corrected chi connectivity index (χ1v) is 6.29. The summed E-state index contributed by atoms with van der Waals surface area (Å²) in [7, 11) is 0. The Balaban J connectivity index is 2.82. The summed E-state index contributed by atoms with van der Waals surface area (Å²) in [6.07, 6.45) is -1.63. The van der Waals surface area contributed by atoms with Crippen molar-refractivity contribution in [1.29, 1.82) is 0 Å². The van der Waals surface area contributed by atoms with Gasteiger partial charge in [-0.1, -0.05) is 0 Å². The maximum atomic E-state index is 11.5. The number of carbonyl (C=O) groups excluding carboxylic acids is 2. The number of rotatable bonds is 4. The summed E-state index contributed by atoms with van der Waals surface area (Å²) in [5, 5.41) is 17.6. The van der Waals surface area contributed by atoms with E-state index in [-0.39, 0.29) is 26.2 Å². The van der Waals surface area contributed by atoms with Gasteiger partial charge in [0.25, 0.3) is 0 Å². The molecule has 1 aliphatic rings. The molecule has 0 aliphatic carbocycles. The van der Waals surface area contributed by atoms with Gasteiger partial charge in [0.05, 0.1) is 26.2 Å². The second kappa shape index (κ2) is 8.26. The first kappa shape index (κ1) is 17.8. The van der Waals surface area contributed by atoms with Crippen LogP contribution < -0.4 is 5.73 Å². The number of cyclic esters (lactones) is 2. The topological polar surface area (TPSA) is 160 Å². The maximum absolute atomic E-state index is 11.5. The normalized spacial score (nSPS) is 19.9. The van der Waals surface area contributed by atoms with Gasteiger partial charge in [-0.3, -0.25) is 34.7 Å². The van der Waals surface area contributed by atoms with E-state index in [9.17, 15) is 19.2 Å². The SMILES string of the molecule is NC1OC(=O)CN(CC(=O)O)CCN(CC(=O)O)CC(=O)O1. The van der Waals surface area contributed by atoms with Crippen molar-refractivity contribution in [3.8, 4) is 0 Å². The Bertz CT molecular complexity index is 415. The standard InChI is InChI=1S/C11H17N3O8/c12-11-21-9(19)5-13(3-7(15)16)1-2-14(4-8(17)18)6-10(20)22-11/h11H,1-6,12H2,(H,15,16)(H,17,18). The highest BCUT2D eigenvalue weighted by molar-refractivity contribution is 5.76. The van der Waals surface area contributed by atoms with Crippen molar-refractivity contribution in [3.63, 3.8) is 0 Å². The molecule has 0 saturated carbocycles. The molecular weight excluding hydrogens is 302 g/mol. The second-order valence-electron chi connectivity index (χ2n) is 4.56. The summed E-state index contributed by atoms with van der Waals surface area (Å²) in [5.41, 5.74) is 5.29. The molecule has 0 atom stereocenters. The Morgan fingerprint density at radius 1 is 1.00 bits per heavy atom. The minimum Gasteiger partial charge on any atom is -0.480 e. The number of nitrogens with two attached hydrogens (primary N) is 1. The van der Waals surface area contributed by atoms with Crippen molar-refractivity contribution in [2.24, 2.45) is 5.73 Å². The number of ether oxygens (including phenoxy) is 2. The van der Waals surface area contributed by atoms with Gasteiger partial charge in [-0.05, 0) is 0 Å². The molecule has 1 aliphatic heterocycles. The van der Waals surface area contributed by atoms with E-state index in [0.717, 1.165) is 0 Å². The van der Waals surface area contributed by atoms with Crippen molar-refractivity contribution in [2.45, 2.75) is 6.41 Å². The zero-order valence-electron chi connectivity index (χ0n) is 11.6. The average Bonchev–Trinajstić information content (AvgIpc) is 2.34. The number of nitrogens with zero attached hydrogens (tertiary/aromatic N) is 2. The molecule has 11 nitrogen and oxygen atoms in total. The highest BCUT2D eigenvalue weighted by Gasteiger charge is 2.24. The van der Waals surface area contributed by atoms with Crippen LogP contribution in [0.1, 0.15) is 0 Å². The first-order valence-electron chi connectivity index (χ1n) is 6.29. The lowest BCUT2D eigenvalue weighted by Gasteiger charge is -2.23. The summed E-state index contributed by atoms with van der Waals surface area (Å²) in [4.78, 5) is 47.1. The number of aliphatic carboxylic acids is 2. The van der Waals surface area contributed by atoms with Gasteiger partial charge in [0, 0.05) is 13.1 Å². The third-order valence-electron chi connectivity index (χ3n) is 2.65. The van der Waals surface area contributed by atoms with Crippen LogP contribution in [0, 0.1) is 0 Å². The number of carbonyl (C=O) groups is 4. The van der Waals surface area contributed by atoms with E-state index in [1.54, 1.807) is 0 Å². The van der Waals surface area contributed by atoms with Gasteiger partial charge in [0.2, 0.25) is 0 Å². The molecule has 1 rings (SSSR count). The number of carboxylic acids is 2. The molecule has 0 aromatic heterocycles. The van der Waals surface area contributed by atoms with Crippen molar-refractivity contribution >= 4 is 23.9 Å². The zero-order valence-corrected chi connectivity index (χ0v) is 11.6. The highest BCUT2D eigenvalue weighted by Crippen LogP contribution is 2.00. The lowest BCUT2D eigenvalue weighted by molar-refractivity contribution is -0.187. The fraction of sp³-hybridized carbons (Fsp3) is 0.636. The second-order valence-corrected chi connectivity index (χ2v) is 4.56. The van der Waals surface area contributed by atoms with Crippen LogP contribution in [0.3, 0.4) is 0 Å². The Labute approximate surface area is 125 Å². The third kappa shape index (κ3) is 6.97. The van der Waals surface area contributed by atoms with Crippen molar-refractivity contribution < 1.29 is 38.9 Å². The molecule has 1 heterocycles. The molecule has 1 saturated heterocycles. The predicted octanol–water partition coefficient (Wildman–Crippen LogP) is -2.90. The fourth-order valence-electron chi connectivity index (χ4n) is 1.82. The number of esters is 2. The number of hydrogen-bond acceptors (Lipinski definition) is 9. The predicted molar refractivity (Wildman–Crippen MR) is 68.3 cm³/mol. The van der Waals surface area contributed by atoms with Crippen LogP contribution in [0.5, 0.6) is 0 Å². The minimum absolute atomic E-state index is 0.0528. The monoisotopic (exact) mass is 319 g/mol. The molecular formula is C11H17N3O8. The first-order chi connectivity index (χ1) is 10.3. The van der Waals surface area contributed by atoms with Gasteiger partial charge >= 0.3 is 30.3 Å². The Hall–Kier alpha value is -2.24. The lowest BCUT2D eigenvalue weighted by atomic mass is 10.4. The van der Waals surface area contributed by atoms with Crippen LogP contribution in [-0.4, -0.2) is 89.6 Å². The van der Waals surface area contributed by atoms with Crippen molar-refractivity contribution in [3.05, 3.63) is 0 Å². The molecule has 124 valence electrons. The van der Waals surface area contributed by atoms with Gasteiger partial charge in [0.1, 0.15) is 0 Å². The highest BCUT2D eigenvalue weighted by atomic mass is 16.7. The van der Waals surface area contributed by atoms with Crippen LogP contribution in [0.15, 0.2) is 0 Å². The van der Waals surface area contributed by atoms with Crippen LogP contribution >= 0.6 is 0 Å². The molecule has 0 unspecified atom stereocenters. The molecule has 0 radical (unpaired) electrons. The van der Waals surface area contributed by atoms with E-state index in [0.29, 0.717) is 0 Å². The fourth-order valence-corrected chi connectivity index (χ4v) is 1.82. The quantitative estimate of drug-likeness (QED) is 0.456. The minimum atomic E-state index is -1.63. The van der Waals surface area contributed by atoms with Crippen molar-refractivity contribution in [2.75, 3.05) is 39.3 Å².